The van der Waals surface area contributed by atoms with Crippen LogP contribution in [0, 0.1) is 12.7 Å². The van der Waals surface area contributed by atoms with Crippen LogP contribution in [0.2, 0.25) is 0 Å². The van der Waals surface area contributed by atoms with Crippen LogP contribution in [-0.2, 0) is 4.74 Å². The van der Waals surface area contributed by atoms with Crippen molar-refractivity contribution in [1.29, 1.82) is 0 Å². The predicted octanol–water partition coefficient (Wildman–Crippen LogP) is 0.491. The summed E-state index contributed by atoms with van der Waals surface area (Å²) in [4.78, 5) is 18.6. The van der Waals surface area contributed by atoms with E-state index in [2.05, 4.69) is 20.5 Å². The Morgan fingerprint density at radius 3 is 2.77 bits per heavy atom. The summed E-state index contributed by atoms with van der Waals surface area (Å²) in [5, 5.41) is 5.67. The molecule has 0 radical (unpaired) electrons. The zero-order valence-electron chi connectivity index (χ0n) is 15.3. The molecule has 1 aromatic rings. The van der Waals surface area contributed by atoms with E-state index >= 15 is 0 Å². The standard InChI is InChI=1S/C18H28FN5O2/c1-14-3-4-15(13-16(14)19)17(25)21-6-7-23-18(20)22-5-2-8-24-9-11-26-12-10-24/h3-4,13H,2,5-12H2,1H3,(H,21,25)(H3,20,22,23). The lowest BCUT2D eigenvalue weighted by Crippen LogP contribution is -2.39. The second kappa shape index (κ2) is 10.7. The molecule has 4 N–H and O–H groups in total. The lowest BCUT2D eigenvalue weighted by Gasteiger charge is -2.26. The Labute approximate surface area is 153 Å². The monoisotopic (exact) mass is 365 g/mol. The van der Waals surface area contributed by atoms with E-state index in [9.17, 15) is 9.18 Å². The molecule has 1 aliphatic rings. The highest BCUT2D eigenvalue weighted by atomic mass is 19.1. The van der Waals surface area contributed by atoms with Gasteiger partial charge < -0.3 is 21.1 Å². The zero-order valence-corrected chi connectivity index (χ0v) is 15.3. The number of nitrogens with one attached hydrogen (secondary N) is 2. The number of benzene rings is 1. The molecule has 0 atom stereocenters. The number of nitrogens with two attached hydrogens (primary N) is 1. The van der Waals surface area contributed by atoms with Crippen LogP contribution in [-0.4, -0.2) is 69.2 Å². The number of aryl methyl sites for hydroxylation is 1. The number of amides is 1. The minimum atomic E-state index is -0.385. The minimum Gasteiger partial charge on any atom is -0.379 e. The van der Waals surface area contributed by atoms with Crippen LogP contribution in [0.4, 0.5) is 4.39 Å². The Morgan fingerprint density at radius 2 is 2.04 bits per heavy atom. The normalized spacial score (nSPS) is 15.7. The summed E-state index contributed by atoms with van der Waals surface area (Å²) in [6.07, 6.45) is 0.943. The molecule has 1 saturated heterocycles. The fourth-order valence-corrected chi connectivity index (χ4v) is 2.58. The van der Waals surface area contributed by atoms with Crippen molar-refractivity contribution >= 4 is 11.9 Å². The molecule has 1 amide bonds. The maximum atomic E-state index is 13.5. The molecule has 26 heavy (non-hydrogen) atoms. The number of aliphatic imine (C=N–C) groups is 1. The Morgan fingerprint density at radius 1 is 1.31 bits per heavy atom. The zero-order chi connectivity index (χ0) is 18.8. The van der Waals surface area contributed by atoms with Gasteiger partial charge in [0.2, 0.25) is 0 Å². The van der Waals surface area contributed by atoms with Gasteiger partial charge in [0.1, 0.15) is 5.82 Å². The van der Waals surface area contributed by atoms with E-state index in [4.69, 9.17) is 10.5 Å². The number of hydrogen-bond acceptors (Lipinski definition) is 4. The van der Waals surface area contributed by atoms with E-state index in [1.54, 1.807) is 19.1 Å². The van der Waals surface area contributed by atoms with Gasteiger partial charge in [0.05, 0.1) is 13.2 Å². The van der Waals surface area contributed by atoms with Gasteiger partial charge in [-0.05, 0) is 31.0 Å². The fourth-order valence-electron chi connectivity index (χ4n) is 2.58. The summed E-state index contributed by atoms with van der Waals surface area (Å²) in [7, 11) is 0. The van der Waals surface area contributed by atoms with Crippen molar-refractivity contribution in [3.05, 3.63) is 35.1 Å². The van der Waals surface area contributed by atoms with Crippen molar-refractivity contribution in [2.24, 2.45) is 10.7 Å². The third-order valence-electron chi connectivity index (χ3n) is 4.17. The summed E-state index contributed by atoms with van der Waals surface area (Å²) < 4.78 is 18.8. The van der Waals surface area contributed by atoms with Gasteiger partial charge in [-0.2, -0.15) is 0 Å². The van der Waals surface area contributed by atoms with Crippen LogP contribution in [0.1, 0.15) is 22.3 Å². The Bertz CT molecular complexity index is 618. The smallest absolute Gasteiger partial charge is 0.251 e. The van der Waals surface area contributed by atoms with Crippen molar-refractivity contribution in [3.8, 4) is 0 Å². The number of guanidine groups is 1. The average molecular weight is 365 g/mol. The van der Waals surface area contributed by atoms with Gasteiger partial charge >= 0.3 is 0 Å². The van der Waals surface area contributed by atoms with E-state index < -0.39 is 0 Å². The quantitative estimate of drug-likeness (QED) is 0.354. The first-order valence-corrected chi connectivity index (χ1v) is 8.94. The Hall–Kier alpha value is -2.19. The van der Waals surface area contributed by atoms with Gasteiger partial charge in [-0.15, -0.1) is 0 Å². The summed E-state index contributed by atoms with van der Waals surface area (Å²) >= 11 is 0. The molecule has 1 aliphatic heterocycles. The van der Waals surface area contributed by atoms with E-state index in [1.807, 2.05) is 0 Å². The Kier molecular flexibility index (Phi) is 8.30. The number of carbonyl (C=O) groups is 1. The molecule has 7 nitrogen and oxygen atoms in total. The van der Waals surface area contributed by atoms with Gasteiger partial charge in [0.25, 0.3) is 5.91 Å². The molecule has 0 spiro atoms. The minimum absolute atomic E-state index is 0.304. The second-order valence-electron chi connectivity index (χ2n) is 6.22. The molecule has 144 valence electrons. The second-order valence-corrected chi connectivity index (χ2v) is 6.22. The van der Waals surface area contributed by atoms with Crippen LogP contribution in [0.3, 0.4) is 0 Å². The third-order valence-corrected chi connectivity index (χ3v) is 4.17. The van der Waals surface area contributed by atoms with Gasteiger partial charge in [-0.25, -0.2) is 4.39 Å². The molecule has 1 aromatic carbocycles. The summed E-state index contributed by atoms with van der Waals surface area (Å²) in [6, 6.07) is 4.43. The molecule has 0 aliphatic carbocycles. The topological polar surface area (TPSA) is 92.0 Å². The fraction of sp³-hybridized carbons (Fsp3) is 0.556. The van der Waals surface area contributed by atoms with Crippen molar-refractivity contribution in [2.75, 3.05) is 52.5 Å². The highest BCUT2D eigenvalue weighted by Gasteiger charge is 2.09. The SMILES string of the molecule is Cc1ccc(C(=O)NCCNC(N)=NCCCN2CCOCC2)cc1F. The van der Waals surface area contributed by atoms with Gasteiger partial charge in [-0.3, -0.25) is 14.7 Å². The molecule has 0 saturated carbocycles. The number of morpholine rings is 1. The number of rotatable bonds is 8. The van der Waals surface area contributed by atoms with Crippen LogP contribution < -0.4 is 16.4 Å². The van der Waals surface area contributed by atoms with E-state index in [-0.39, 0.29) is 11.7 Å². The number of nitrogens with zero attached hydrogens (tertiary/aromatic N) is 2. The predicted molar refractivity (Wildman–Crippen MR) is 99.8 cm³/mol. The van der Waals surface area contributed by atoms with Crippen LogP contribution in [0.25, 0.3) is 0 Å². The van der Waals surface area contributed by atoms with Crippen LogP contribution >= 0.6 is 0 Å². The van der Waals surface area contributed by atoms with Crippen molar-refractivity contribution < 1.29 is 13.9 Å². The van der Waals surface area contributed by atoms with Crippen molar-refractivity contribution in [3.63, 3.8) is 0 Å². The number of ether oxygens (including phenoxy) is 1. The summed E-state index contributed by atoms with van der Waals surface area (Å²) in [6.45, 7) is 7.68. The number of halogens is 1. The highest BCUT2D eigenvalue weighted by molar-refractivity contribution is 5.94. The first-order valence-electron chi connectivity index (χ1n) is 8.94. The molecule has 8 heteroatoms. The van der Waals surface area contributed by atoms with Gasteiger partial charge in [-0.1, -0.05) is 6.07 Å². The maximum Gasteiger partial charge on any atom is 0.251 e. The molecular formula is C18H28FN5O2. The molecule has 0 aromatic heterocycles. The number of carbonyl (C=O) groups excluding carboxylic acids is 1. The number of hydrogen-bond donors (Lipinski definition) is 3. The average Bonchev–Trinajstić information content (AvgIpc) is 2.65. The summed E-state index contributed by atoms with van der Waals surface area (Å²) in [5.74, 6) is -0.335. The molecule has 1 fully saturated rings. The first kappa shape index (κ1) is 20.1. The van der Waals surface area contributed by atoms with Crippen molar-refractivity contribution in [2.45, 2.75) is 13.3 Å². The van der Waals surface area contributed by atoms with E-state index in [0.29, 0.717) is 36.7 Å². The first-order chi connectivity index (χ1) is 12.6. The van der Waals surface area contributed by atoms with E-state index in [0.717, 1.165) is 39.3 Å². The molecule has 0 bridgehead atoms. The van der Waals surface area contributed by atoms with E-state index in [1.165, 1.54) is 6.07 Å². The van der Waals surface area contributed by atoms with Crippen molar-refractivity contribution in [1.82, 2.24) is 15.5 Å². The lowest BCUT2D eigenvalue weighted by atomic mass is 10.1. The Balaban J connectivity index is 1.57. The van der Waals surface area contributed by atoms with Gasteiger partial charge in [0, 0.05) is 44.8 Å². The van der Waals surface area contributed by atoms with Crippen LogP contribution in [0.5, 0.6) is 0 Å². The summed E-state index contributed by atoms with van der Waals surface area (Å²) in [5.41, 5.74) is 6.62. The third kappa shape index (κ3) is 6.97. The lowest BCUT2D eigenvalue weighted by molar-refractivity contribution is 0.0377. The molecule has 0 unspecified atom stereocenters. The largest absolute Gasteiger partial charge is 0.379 e. The maximum absolute atomic E-state index is 13.5. The van der Waals surface area contributed by atoms with Crippen LogP contribution in [0.15, 0.2) is 23.2 Å². The molecule has 1 heterocycles. The van der Waals surface area contributed by atoms with Gasteiger partial charge in [0.15, 0.2) is 5.96 Å². The molecular weight excluding hydrogens is 337 g/mol. The highest BCUT2D eigenvalue weighted by Crippen LogP contribution is 2.08. The molecule has 2 rings (SSSR count).